The van der Waals surface area contributed by atoms with Gasteiger partial charge in [-0.05, 0) is 48.9 Å². The molecule has 0 bridgehead atoms. The molecule has 1 amide bonds. The molecule has 0 unspecified atom stereocenters. The molecule has 0 aliphatic heterocycles. The molecule has 0 aliphatic carbocycles. The SMILES string of the molecule is C=CCNS(=O)(=O)c1ccc(C(=O)Nc2cccc(C)c2)cc1. The molecule has 5 nitrogen and oxygen atoms in total. The highest BCUT2D eigenvalue weighted by molar-refractivity contribution is 7.89. The Labute approximate surface area is 136 Å². The highest BCUT2D eigenvalue weighted by Gasteiger charge is 2.14. The van der Waals surface area contributed by atoms with Crippen molar-refractivity contribution in [1.82, 2.24) is 4.72 Å². The first kappa shape index (κ1) is 16.9. The summed E-state index contributed by atoms with van der Waals surface area (Å²) in [5.41, 5.74) is 2.12. The Bertz CT molecular complexity index is 812. The molecule has 23 heavy (non-hydrogen) atoms. The number of anilines is 1. The van der Waals surface area contributed by atoms with E-state index in [2.05, 4.69) is 16.6 Å². The molecule has 0 fully saturated rings. The molecular formula is C17H18N2O3S. The Hall–Kier alpha value is -2.44. The standard InChI is InChI=1S/C17H18N2O3S/c1-3-11-18-23(21,22)16-9-7-14(8-10-16)17(20)19-15-6-4-5-13(2)12-15/h3-10,12,18H,1,11H2,2H3,(H,19,20). The molecule has 2 aromatic rings. The number of nitrogens with one attached hydrogen (secondary N) is 2. The van der Waals surface area contributed by atoms with E-state index in [1.165, 1.54) is 30.3 Å². The van der Waals surface area contributed by atoms with Crippen molar-refractivity contribution < 1.29 is 13.2 Å². The summed E-state index contributed by atoms with van der Waals surface area (Å²) in [6.45, 7) is 5.55. The summed E-state index contributed by atoms with van der Waals surface area (Å²) in [5, 5.41) is 2.77. The lowest BCUT2D eigenvalue weighted by molar-refractivity contribution is 0.102. The predicted octanol–water partition coefficient (Wildman–Crippen LogP) is 2.71. The topological polar surface area (TPSA) is 75.3 Å². The molecule has 0 aromatic heterocycles. The summed E-state index contributed by atoms with van der Waals surface area (Å²) in [5.74, 6) is -0.293. The third kappa shape index (κ3) is 4.51. The van der Waals surface area contributed by atoms with Crippen molar-refractivity contribution in [1.29, 1.82) is 0 Å². The normalized spacial score (nSPS) is 11.0. The van der Waals surface area contributed by atoms with Crippen LogP contribution in [0, 0.1) is 6.92 Å². The van der Waals surface area contributed by atoms with Crippen molar-refractivity contribution in [3.8, 4) is 0 Å². The van der Waals surface area contributed by atoms with Crippen LogP contribution < -0.4 is 10.0 Å². The van der Waals surface area contributed by atoms with Crippen LogP contribution in [-0.4, -0.2) is 20.9 Å². The van der Waals surface area contributed by atoms with Gasteiger partial charge in [0.2, 0.25) is 10.0 Å². The molecule has 2 N–H and O–H groups in total. The van der Waals surface area contributed by atoms with Crippen LogP contribution in [-0.2, 0) is 10.0 Å². The quantitative estimate of drug-likeness (QED) is 0.800. The van der Waals surface area contributed by atoms with Crippen LogP contribution in [0.5, 0.6) is 0 Å². The second-order valence-corrected chi connectivity index (χ2v) is 6.76. The molecule has 0 spiro atoms. The number of carbonyl (C=O) groups excluding carboxylic acids is 1. The van der Waals surface area contributed by atoms with Crippen molar-refractivity contribution in [3.05, 3.63) is 72.3 Å². The van der Waals surface area contributed by atoms with E-state index in [0.717, 1.165) is 5.56 Å². The van der Waals surface area contributed by atoms with Gasteiger partial charge >= 0.3 is 0 Å². The van der Waals surface area contributed by atoms with E-state index in [1.54, 1.807) is 6.07 Å². The first-order chi connectivity index (χ1) is 10.9. The van der Waals surface area contributed by atoms with Crippen molar-refractivity contribution >= 4 is 21.6 Å². The summed E-state index contributed by atoms with van der Waals surface area (Å²) in [7, 11) is -3.58. The Kier molecular flexibility index (Phi) is 5.31. The van der Waals surface area contributed by atoms with Crippen molar-refractivity contribution in [2.24, 2.45) is 0 Å². The van der Waals surface area contributed by atoms with Crippen LogP contribution in [0.1, 0.15) is 15.9 Å². The lowest BCUT2D eigenvalue weighted by atomic mass is 10.2. The van der Waals surface area contributed by atoms with Gasteiger partial charge in [0.05, 0.1) is 4.90 Å². The van der Waals surface area contributed by atoms with E-state index in [-0.39, 0.29) is 17.3 Å². The smallest absolute Gasteiger partial charge is 0.255 e. The molecule has 0 radical (unpaired) electrons. The molecule has 0 aliphatic rings. The minimum absolute atomic E-state index is 0.103. The van der Waals surface area contributed by atoms with Crippen LogP contribution in [0.4, 0.5) is 5.69 Å². The van der Waals surface area contributed by atoms with Gasteiger partial charge in [-0.15, -0.1) is 6.58 Å². The summed E-state index contributed by atoms with van der Waals surface area (Å²) in [6.07, 6.45) is 1.46. The van der Waals surface area contributed by atoms with Crippen LogP contribution in [0.3, 0.4) is 0 Å². The molecule has 0 saturated carbocycles. The number of sulfonamides is 1. The molecule has 6 heteroatoms. The zero-order chi connectivity index (χ0) is 16.9. The summed E-state index contributed by atoms with van der Waals surface area (Å²) in [4.78, 5) is 12.3. The van der Waals surface area contributed by atoms with E-state index in [9.17, 15) is 13.2 Å². The molecule has 2 rings (SSSR count). The highest BCUT2D eigenvalue weighted by Crippen LogP contribution is 2.14. The third-order valence-corrected chi connectivity index (χ3v) is 4.56. The molecule has 0 atom stereocenters. The minimum atomic E-state index is -3.58. The highest BCUT2D eigenvalue weighted by atomic mass is 32.2. The fraction of sp³-hybridized carbons (Fsp3) is 0.118. The van der Waals surface area contributed by atoms with Gasteiger partial charge in [-0.1, -0.05) is 18.2 Å². The average Bonchev–Trinajstić information content (AvgIpc) is 2.53. The van der Waals surface area contributed by atoms with Gasteiger partial charge in [0.25, 0.3) is 5.91 Å². The van der Waals surface area contributed by atoms with Crippen LogP contribution in [0.15, 0.2) is 66.1 Å². The number of aryl methyl sites for hydroxylation is 1. The number of hydrogen-bond donors (Lipinski definition) is 2. The van der Waals surface area contributed by atoms with Gasteiger partial charge in [0.15, 0.2) is 0 Å². The Morgan fingerprint density at radius 1 is 1.17 bits per heavy atom. The van der Waals surface area contributed by atoms with E-state index < -0.39 is 10.0 Å². The lowest BCUT2D eigenvalue weighted by Crippen LogP contribution is -2.23. The molecule has 2 aromatic carbocycles. The van der Waals surface area contributed by atoms with Gasteiger partial charge in [0.1, 0.15) is 0 Å². The number of benzene rings is 2. The third-order valence-electron chi connectivity index (χ3n) is 3.12. The van der Waals surface area contributed by atoms with E-state index in [0.29, 0.717) is 11.3 Å². The van der Waals surface area contributed by atoms with Gasteiger partial charge in [0, 0.05) is 17.8 Å². The van der Waals surface area contributed by atoms with Gasteiger partial charge in [-0.25, -0.2) is 13.1 Å². The number of rotatable bonds is 6. The van der Waals surface area contributed by atoms with Crippen molar-refractivity contribution in [2.45, 2.75) is 11.8 Å². The van der Waals surface area contributed by atoms with E-state index in [1.807, 2.05) is 25.1 Å². The van der Waals surface area contributed by atoms with Crippen molar-refractivity contribution in [3.63, 3.8) is 0 Å². The predicted molar refractivity (Wildman–Crippen MR) is 91.0 cm³/mol. The monoisotopic (exact) mass is 330 g/mol. The fourth-order valence-electron chi connectivity index (χ4n) is 1.96. The second-order valence-electron chi connectivity index (χ2n) is 4.99. The lowest BCUT2D eigenvalue weighted by Gasteiger charge is -2.08. The van der Waals surface area contributed by atoms with E-state index in [4.69, 9.17) is 0 Å². The first-order valence-corrected chi connectivity index (χ1v) is 8.49. The fourth-order valence-corrected chi connectivity index (χ4v) is 2.96. The maximum absolute atomic E-state index is 12.2. The van der Waals surface area contributed by atoms with Crippen LogP contribution in [0.25, 0.3) is 0 Å². The van der Waals surface area contributed by atoms with Crippen molar-refractivity contribution in [2.75, 3.05) is 11.9 Å². The second kappa shape index (κ2) is 7.21. The molecule has 0 saturated heterocycles. The summed E-state index contributed by atoms with van der Waals surface area (Å²) >= 11 is 0. The maximum atomic E-state index is 12.2. The molecule has 0 heterocycles. The van der Waals surface area contributed by atoms with Gasteiger partial charge < -0.3 is 5.32 Å². The Morgan fingerprint density at radius 3 is 2.48 bits per heavy atom. The number of hydrogen-bond acceptors (Lipinski definition) is 3. The number of carbonyl (C=O) groups is 1. The maximum Gasteiger partial charge on any atom is 0.255 e. The van der Waals surface area contributed by atoms with E-state index >= 15 is 0 Å². The Balaban J connectivity index is 2.13. The van der Waals surface area contributed by atoms with Crippen LogP contribution >= 0.6 is 0 Å². The minimum Gasteiger partial charge on any atom is -0.322 e. The largest absolute Gasteiger partial charge is 0.322 e. The van der Waals surface area contributed by atoms with Crippen LogP contribution in [0.2, 0.25) is 0 Å². The Morgan fingerprint density at radius 2 is 1.87 bits per heavy atom. The summed E-state index contributed by atoms with van der Waals surface area (Å²) < 4.78 is 26.3. The molecular weight excluding hydrogens is 312 g/mol. The molecule has 120 valence electrons. The van der Waals surface area contributed by atoms with Gasteiger partial charge in [-0.2, -0.15) is 0 Å². The zero-order valence-corrected chi connectivity index (χ0v) is 13.6. The zero-order valence-electron chi connectivity index (χ0n) is 12.7. The average molecular weight is 330 g/mol. The number of amides is 1. The summed E-state index contributed by atoms with van der Waals surface area (Å²) in [6, 6.07) is 13.2. The first-order valence-electron chi connectivity index (χ1n) is 7.01. The van der Waals surface area contributed by atoms with Gasteiger partial charge in [-0.3, -0.25) is 4.79 Å².